The van der Waals surface area contributed by atoms with Crippen LogP contribution in [-0.2, 0) is 17.6 Å². The van der Waals surface area contributed by atoms with E-state index >= 15 is 0 Å². The molecule has 3 heterocycles. The third-order valence-electron chi connectivity index (χ3n) is 6.54. The number of carbonyl (C=O) groups excluding carboxylic acids is 1. The van der Waals surface area contributed by atoms with Crippen molar-refractivity contribution < 1.29 is 4.79 Å². The van der Waals surface area contributed by atoms with Crippen LogP contribution in [0.25, 0.3) is 10.2 Å². The summed E-state index contributed by atoms with van der Waals surface area (Å²) < 4.78 is 0. The quantitative estimate of drug-likeness (QED) is 0.549. The van der Waals surface area contributed by atoms with Crippen molar-refractivity contribution in [2.24, 2.45) is 5.92 Å². The number of fused-ring (bicyclic) bond motifs is 4. The van der Waals surface area contributed by atoms with Gasteiger partial charge < -0.3 is 4.90 Å². The second kappa shape index (κ2) is 7.36. The number of aryl methyl sites for hydroxylation is 3. The first-order chi connectivity index (χ1) is 13.2. The number of aromatic nitrogens is 2. The predicted octanol–water partition coefficient (Wildman–Crippen LogP) is 4.76. The molecule has 144 valence electrons. The van der Waals surface area contributed by atoms with Crippen LogP contribution >= 0.6 is 23.1 Å². The molecule has 3 aliphatic rings. The topological polar surface area (TPSA) is 46.1 Å². The lowest BCUT2D eigenvalue weighted by Crippen LogP contribution is -2.50. The minimum absolute atomic E-state index is 0.313. The van der Waals surface area contributed by atoms with Crippen LogP contribution in [0.1, 0.15) is 61.2 Å². The second-order valence-corrected chi connectivity index (χ2v) is 10.3. The minimum atomic E-state index is 0.313. The van der Waals surface area contributed by atoms with Gasteiger partial charge in [-0.3, -0.25) is 4.79 Å². The lowest BCUT2D eigenvalue weighted by molar-refractivity contribution is -0.134. The summed E-state index contributed by atoms with van der Waals surface area (Å²) in [5.74, 6) is 2.39. The maximum atomic E-state index is 13.1. The Morgan fingerprint density at radius 3 is 2.93 bits per heavy atom. The maximum Gasteiger partial charge on any atom is 0.233 e. The summed E-state index contributed by atoms with van der Waals surface area (Å²) in [5.41, 5.74) is 1.45. The summed E-state index contributed by atoms with van der Waals surface area (Å²) in [6, 6.07) is 0.498. The molecule has 0 unspecified atom stereocenters. The third kappa shape index (κ3) is 3.29. The van der Waals surface area contributed by atoms with Crippen molar-refractivity contribution in [3.63, 3.8) is 0 Å². The first-order valence-electron chi connectivity index (χ1n) is 10.4. The molecule has 6 heteroatoms. The Kier molecular flexibility index (Phi) is 4.88. The van der Waals surface area contributed by atoms with Crippen LogP contribution in [0.2, 0.25) is 0 Å². The van der Waals surface area contributed by atoms with E-state index < -0.39 is 0 Å². The van der Waals surface area contributed by atoms with E-state index in [1.807, 2.05) is 18.3 Å². The molecule has 2 atom stereocenters. The number of nitrogens with zero attached hydrogens (tertiary/aromatic N) is 3. The monoisotopic (exact) mass is 401 g/mol. The van der Waals surface area contributed by atoms with Crippen LogP contribution in [0, 0.1) is 12.8 Å². The molecule has 5 rings (SSSR count). The number of amides is 1. The highest BCUT2D eigenvalue weighted by Crippen LogP contribution is 2.41. The number of carbonyl (C=O) groups is 1. The van der Waals surface area contributed by atoms with Gasteiger partial charge in [-0.05, 0) is 63.4 Å². The van der Waals surface area contributed by atoms with Gasteiger partial charge in [0.1, 0.15) is 15.7 Å². The average Bonchev–Trinajstić information content (AvgIpc) is 3.26. The molecule has 1 amide bonds. The zero-order chi connectivity index (χ0) is 18.4. The fourth-order valence-corrected chi connectivity index (χ4v) is 7.67. The van der Waals surface area contributed by atoms with Gasteiger partial charge in [-0.25, -0.2) is 9.97 Å². The smallest absolute Gasteiger partial charge is 0.233 e. The fraction of sp³-hybridized carbons (Fsp3) is 0.667. The van der Waals surface area contributed by atoms with Crippen molar-refractivity contribution in [2.75, 3.05) is 12.3 Å². The molecule has 2 aromatic rings. The molecule has 1 saturated heterocycles. The molecule has 2 fully saturated rings. The molecule has 0 bridgehead atoms. The Morgan fingerprint density at radius 1 is 1.15 bits per heavy atom. The highest BCUT2D eigenvalue weighted by Gasteiger charge is 2.35. The van der Waals surface area contributed by atoms with Crippen molar-refractivity contribution in [2.45, 2.75) is 75.8 Å². The molecule has 0 aromatic carbocycles. The van der Waals surface area contributed by atoms with Crippen molar-refractivity contribution in [3.8, 4) is 0 Å². The van der Waals surface area contributed by atoms with Crippen molar-refractivity contribution in [1.29, 1.82) is 0 Å². The fourth-order valence-electron chi connectivity index (χ4n) is 5.32. The van der Waals surface area contributed by atoms with E-state index in [9.17, 15) is 4.79 Å². The molecule has 1 aliphatic heterocycles. The number of thioether (sulfide) groups is 1. The lowest BCUT2D eigenvalue weighted by Gasteiger charge is -2.44. The average molecular weight is 402 g/mol. The van der Waals surface area contributed by atoms with Gasteiger partial charge in [0.15, 0.2) is 0 Å². The number of thiophene rings is 1. The van der Waals surface area contributed by atoms with E-state index in [1.54, 1.807) is 11.8 Å². The summed E-state index contributed by atoms with van der Waals surface area (Å²) in [5, 5.41) is 2.27. The predicted molar refractivity (Wildman–Crippen MR) is 112 cm³/mol. The third-order valence-corrected chi connectivity index (χ3v) is 8.69. The highest BCUT2D eigenvalue weighted by molar-refractivity contribution is 8.00. The summed E-state index contributed by atoms with van der Waals surface area (Å²) in [7, 11) is 0. The minimum Gasteiger partial charge on any atom is -0.339 e. The van der Waals surface area contributed by atoms with Crippen LogP contribution in [0.4, 0.5) is 0 Å². The van der Waals surface area contributed by atoms with Gasteiger partial charge in [-0.1, -0.05) is 24.6 Å². The van der Waals surface area contributed by atoms with Gasteiger partial charge in [0.2, 0.25) is 5.91 Å². The van der Waals surface area contributed by atoms with E-state index in [4.69, 9.17) is 4.98 Å². The van der Waals surface area contributed by atoms with E-state index in [0.717, 1.165) is 34.6 Å². The number of rotatable bonds is 3. The van der Waals surface area contributed by atoms with Crippen LogP contribution in [0.3, 0.4) is 0 Å². The molecule has 2 aliphatic carbocycles. The van der Waals surface area contributed by atoms with Gasteiger partial charge in [-0.15, -0.1) is 11.3 Å². The zero-order valence-electron chi connectivity index (χ0n) is 16.0. The Morgan fingerprint density at radius 2 is 2.00 bits per heavy atom. The van der Waals surface area contributed by atoms with Gasteiger partial charge in [0, 0.05) is 22.8 Å². The maximum absolute atomic E-state index is 13.1. The van der Waals surface area contributed by atoms with Gasteiger partial charge >= 0.3 is 0 Å². The Bertz CT molecular complexity index is 876. The van der Waals surface area contributed by atoms with Gasteiger partial charge in [-0.2, -0.15) is 0 Å². The van der Waals surface area contributed by atoms with Crippen LogP contribution in [0.5, 0.6) is 0 Å². The summed E-state index contributed by atoms with van der Waals surface area (Å²) in [6.07, 6.45) is 11.2. The molecular weight excluding hydrogens is 374 g/mol. The molecule has 0 spiro atoms. The number of hydrogen-bond donors (Lipinski definition) is 0. The van der Waals surface area contributed by atoms with E-state index in [0.29, 0.717) is 17.7 Å². The molecule has 4 nitrogen and oxygen atoms in total. The van der Waals surface area contributed by atoms with Crippen molar-refractivity contribution in [1.82, 2.24) is 14.9 Å². The van der Waals surface area contributed by atoms with Crippen LogP contribution in [0.15, 0.2) is 5.03 Å². The first-order valence-corrected chi connectivity index (χ1v) is 12.2. The molecule has 0 N–H and O–H groups in total. The summed E-state index contributed by atoms with van der Waals surface area (Å²) in [4.78, 5) is 27.3. The SMILES string of the molecule is Cc1nc(SCC(=O)N2CCC[C@@H]3CCCC[C@@H]32)c2c3c(sc2n1)CCC3. The normalized spacial score (nSPS) is 24.9. The Labute approximate surface area is 169 Å². The van der Waals surface area contributed by atoms with Crippen molar-refractivity contribution >= 4 is 39.2 Å². The standard InChI is InChI=1S/C21H27N3OS2/c1-13-22-20(19-15-8-4-10-17(15)27-21(19)23-13)26-12-18(25)24-11-5-7-14-6-2-3-9-16(14)24/h14,16H,2-12H2,1H3/t14-,16-/m0/s1. The number of likely N-dealkylation sites (tertiary alicyclic amines) is 1. The van der Waals surface area contributed by atoms with E-state index in [2.05, 4.69) is 9.88 Å². The molecule has 27 heavy (non-hydrogen) atoms. The molecule has 0 radical (unpaired) electrons. The Balaban J connectivity index is 1.36. The first kappa shape index (κ1) is 17.9. The summed E-state index contributed by atoms with van der Waals surface area (Å²) >= 11 is 3.47. The lowest BCUT2D eigenvalue weighted by atomic mass is 9.78. The number of hydrogen-bond acceptors (Lipinski definition) is 5. The molecular formula is C21H27N3OS2. The molecule has 2 aromatic heterocycles. The van der Waals surface area contributed by atoms with Crippen molar-refractivity contribution in [3.05, 3.63) is 16.3 Å². The Hall–Kier alpha value is -1.14. The largest absolute Gasteiger partial charge is 0.339 e. The van der Waals surface area contributed by atoms with E-state index in [-0.39, 0.29) is 0 Å². The summed E-state index contributed by atoms with van der Waals surface area (Å²) in [6.45, 7) is 2.92. The molecule has 1 saturated carbocycles. The highest BCUT2D eigenvalue weighted by atomic mass is 32.2. The van der Waals surface area contributed by atoms with Gasteiger partial charge in [0.05, 0.1) is 5.75 Å². The van der Waals surface area contributed by atoms with Crippen LogP contribution < -0.4 is 0 Å². The van der Waals surface area contributed by atoms with E-state index in [1.165, 1.54) is 67.2 Å². The zero-order valence-corrected chi connectivity index (χ0v) is 17.6. The second-order valence-electron chi connectivity index (χ2n) is 8.24. The van der Waals surface area contributed by atoms with Crippen LogP contribution in [-0.4, -0.2) is 39.1 Å². The number of piperidine rings is 1. The van der Waals surface area contributed by atoms with Gasteiger partial charge in [0.25, 0.3) is 0 Å².